The van der Waals surface area contributed by atoms with Crippen LogP contribution in [0.25, 0.3) is 0 Å². The molecule has 0 amide bonds. The van der Waals surface area contributed by atoms with E-state index < -0.39 is 0 Å². The molecule has 1 atom stereocenters. The van der Waals surface area contributed by atoms with E-state index in [1.165, 1.54) is 24.0 Å². The number of fused-ring (bicyclic) bond motifs is 1. The fourth-order valence-electron chi connectivity index (χ4n) is 4.12. The number of benzene rings is 2. The molecular formula is C20H23N3O2. The molecule has 0 N–H and O–H groups in total. The Bertz CT molecular complexity index is 752. The Morgan fingerprint density at radius 3 is 2.28 bits per heavy atom. The molecule has 2 aromatic rings. The van der Waals surface area contributed by atoms with Gasteiger partial charge in [0.25, 0.3) is 5.69 Å². The van der Waals surface area contributed by atoms with E-state index >= 15 is 0 Å². The lowest BCUT2D eigenvalue weighted by Gasteiger charge is -2.41. The van der Waals surface area contributed by atoms with Crippen molar-refractivity contribution >= 4 is 11.4 Å². The van der Waals surface area contributed by atoms with Gasteiger partial charge in [-0.1, -0.05) is 24.3 Å². The molecule has 1 saturated heterocycles. The van der Waals surface area contributed by atoms with E-state index in [1.54, 1.807) is 12.1 Å². The van der Waals surface area contributed by atoms with E-state index in [1.807, 2.05) is 12.1 Å². The van der Waals surface area contributed by atoms with Crippen LogP contribution in [0, 0.1) is 10.1 Å². The van der Waals surface area contributed by atoms with Crippen molar-refractivity contribution in [1.82, 2.24) is 4.90 Å². The Labute approximate surface area is 148 Å². The molecule has 1 fully saturated rings. The van der Waals surface area contributed by atoms with Gasteiger partial charge in [-0.25, -0.2) is 0 Å². The average Bonchev–Trinajstić information content (AvgIpc) is 2.68. The zero-order valence-electron chi connectivity index (χ0n) is 14.3. The first-order valence-corrected chi connectivity index (χ1v) is 9.01. The number of anilines is 1. The normalized spacial score (nSPS) is 21.0. The van der Waals surface area contributed by atoms with Crippen LogP contribution in [0.4, 0.5) is 11.4 Å². The van der Waals surface area contributed by atoms with E-state index in [9.17, 15) is 10.1 Å². The summed E-state index contributed by atoms with van der Waals surface area (Å²) in [5, 5.41) is 10.8. The van der Waals surface area contributed by atoms with E-state index in [4.69, 9.17) is 0 Å². The SMILES string of the molecule is O=[N+]([O-])c1ccc(N2CCN([C@@H]3CCc4ccccc4C3)CC2)cc1. The van der Waals surface area contributed by atoms with Crippen molar-refractivity contribution in [2.24, 2.45) is 0 Å². The maximum absolute atomic E-state index is 10.8. The van der Waals surface area contributed by atoms with E-state index in [0.717, 1.165) is 38.3 Å². The molecule has 1 aliphatic carbocycles. The van der Waals surface area contributed by atoms with Crippen molar-refractivity contribution in [2.45, 2.75) is 25.3 Å². The summed E-state index contributed by atoms with van der Waals surface area (Å²) in [5.74, 6) is 0. The zero-order valence-corrected chi connectivity index (χ0v) is 14.3. The van der Waals surface area contributed by atoms with Crippen LogP contribution in [0.2, 0.25) is 0 Å². The smallest absolute Gasteiger partial charge is 0.269 e. The number of nitro groups is 1. The molecule has 4 rings (SSSR count). The van der Waals surface area contributed by atoms with Crippen LogP contribution >= 0.6 is 0 Å². The van der Waals surface area contributed by atoms with Gasteiger partial charge < -0.3 is 4.90 Å². The van der Waals surface area contributed by atoms with Crippen molar-refractivity contribution in [1.29, 1.82) is 0 Å². The number of nitrogens with zero attached hydrogens (tertiary/aromatic N) is 3. The molecule has 0 aromatic heterocycles. The minimum Gasteiger partial charge on any atom is -0.369 e. The number of nitro benzene ring substituents is 1. The highest BCUT2D eigenvalue weighted by Gasteiger charge is 2.27. The highest BCUT2D eigenvalue weighted by molar-refractivity contribution is 5.51. The number of piperazine rings is 1. The van der Waals surface area contributed by atoms with Crippen molar-refractivity contribution < 1.29 is 4.92 Å². The van der Waals surface area contributed by atoms with Gasteiger partial charge in [0.05, 0.1) is 4.92 Å². The van der Waals surface area contributed by atoms with Crippen molar-refractivity contribution in [3.8, 4) is 0 Å². The van der Waals surface area contributed by atoms with Gasteiger partial charge in [-0.2, -0.15) is 0 Å². The molecule has 130 valence electrons. The fourth-order valence-corrected chi connectivity index (χ4v) is 4.12. The topological polar surface area (TPSA) is 49.6 Å². The van der Waals surface area contributed by atoms with Crippen LogP contribution in [0.15, 0.2) is 48.5 Å². The largest absolute Gasteiger partial charge is 0.369 e. The van der Waals surface area contributed by atoms with Crippen LogP contribution in [0.3, 0.4) is 0 Å². The van der Waals surface area contributed by atoms with Crippen molar-refractivity contribution in [2.75, 3.05) is 31.1 Å². The Balaban J connectivity index is 1.36. The molecule has 2 aromatic carbocycles. The van der Waals surface area contributed by atoms with E-state index in [-0.39, 0.29) is 10.6 Å². The first-order valence-electron chi connectivity index (χ1n) is 9.01. The Morgan fingerprint density at radius 2 is 1.60 bits per heavy atom. The van der Waals surface area contributed by atoms with Gasteiger partial charge in [0, 0.05) is 50.0 Å². The number of hydrogen-bond donors (Lipinski definition) is 0. The summed E-state index contributed by atoms with van der Waals surface area (Å²) < 4.78 is 0. The lowest BCUT2D eigenvalue weighted by atomic mass is 9.87. The average molecular weight is 337 g/mol. The predicted octanol–water partition coefficient (Wildman–Crippen LogP) is 3.27. The quantitative estimate of drug-likeness (QED) is 0.637. The molecule has 0 saturated carbocycles. The highest BCUT2D eigenvalue weighted by atomic mass is 16.6. The molecule has 0 bridgehead atoms. The molecule has 2 aliphatic rings. The number of non-ortho nitro benzene ring substituents is 1. The molecule has 5 heteroatoms. The summed E-state index contributed by atoms with van der Waals surface area (Å²) in [6.45, 7) is 4.08. The second-order valence-electron chi connectivity index (χ2n) is 6.96. The number of aryl methyl sites for hydroxylation is 1. The summed E-state index contributed by atoms with van der Waals surface area (Å²) in [7, 11) is 0. The second-order valence-corrected chi connectivity index (χ2v) is 6.96. The lowest BCUT2D eigenvalue weighted by Crippen LogP contribution is -2.51. The third-order valence-corrected chi connectivity index (χ3v) is 5.58. The van der Waals surface area contributed by atoms with Gasteiger partial charge >= 0.3 is 0 Å². The van der Waals surface area contributed by atoms with E-state index in [2.05, 4.69) is 34.1 Å². The molecule has 0 spiro atoms. The molecule has 1 heterocycles. The third kappa shape index (κ3) is 3.37. The maximum atomic E-state index is 10.8. The molecule has 0 radical (unpaired) electrons. The van der Waals surface area contributed by atoms with Gasteiger partial charge in [0.1, 0.15) is 0 Å². The number of rotatable bonds is 3. The summed E-state index contributed by atoms with van der Waals surface area (Å²) >= 11 is 0. The van der Waals surface area contributed by atoms with Crippen LogP contribution < -0.4 is 4.90 Å². The first-order chi connectivity index (χ1) is 12.2. The summed E-state index contributed by atoms with van der Waals surface area (Å²) in [5.41, 5.74) is 4.27. The number of hydrogen-bond acceptors (Lipinski definition) is 4. The summed E-state index contributed by atoms with van der Waals surface area (Å²) in [6, 6.07) is 16.4. The minimum atomic E-state index is -0.345. The predicted molar refractivity (Wildman–Crippen MR) is 99.1 cm³/mol. The van der Waals surface area contributed by atoms with Crippen LogP contribution in [0.1, 0.15) is 17.5 Å². The Kier molecular flexibility index (Phi) is 4.40. The maximum Gasteiger partial charge on any atom is 0.269 e. The molecule has 5 nitrogen and oxygen atoms in total. The standard InChI is InChI=1S/C20H23N3O2/c24-23(25)19-9-7-18(8-10-19)21-11-13-22(14-12-21)20-6-5-16-3-1-2-4-17(16)15-20/h1-4,7-10,20H,5-6,11-15H2/t20-/m1/s1. The van der Waals surface area contributed by atoms with Gasteiger partial charge in [-0.3, -0.25) is 15.0 Å². The molecule has 1 aliphatic heterocycles. The van der Waals surface area contributed by atoms with E-state index in [0.29, 0.717) is 6.04 Å². The second kappa shape index (κ2) is 6.84. The first kappa shape index (κ1) is 16.1. The fraction of sp³-hybridized carbons (Fsp3) is 0.400. The van der Waals surface area contributed by atoms with Crippen LogP contribution in [0.5, 0.6) is 0 Å². The molecule has 25 heavy (non-hydrogen) atoms. The molecular weight excluding hydrogens is 314 g/mol. The molecule has 0 unspecified atom stereocenters. The van der Waals surface area contributed by atoms with Crippen LogP contribution in [-0.4, -0.2) is 42.0 Å². The summed E-state index contributed by atoms with van der Waals surface area (Å²) in [6.07, 6.45) is 3.59. The van der Waals surface area contributed by atoms with Gasteiger partial charge in [-0.15, -0.1) is 0 Å². The third-order valence-electron chi connectivity index (χ3n) is 5.58. The van der Waals surface area contributed by atoms with Gasteiger partial charge in [-0.05, 0) is 42.5 Å². The van der Waals surface area contributed by atoms with Crippen LogP contribution in [-0.2, 0) is 12.8 Å². The van der Waals surface area contributed by atoms with Gasteiger partial charge in [0.15, 0.2) is 0 Å². The van der Waals surface area contributed by atoms with Gasteiger partial charge in [0.2, 0.25) is 0 Å². The van der Waals surface area contributed by atoms with Crippen molar-refractivity contribution in [3.63, 3.8) is 0 Å². The highest BCUT2D eigenvalue weighted by Crippen LogP contribution is 2.26. The Morgan fingerprint density at radius 1 is 0.920 bits per heavy atom. The Hall–Kier alpha value is -2.40. The lowest BCUT2D eigenvalue weighted by molar-refractivity contribution is -0.384. The summed E-state index contributed by atoms with van der Waals surface area (Å²) in [4.78, 5) is 15.4. The monoisotopic (exact) mass is 337 g/mol. The zero-order chi connectivity index (χ0) is 17.2. The van der Waals surface area contributed by atoms with Crippen molar-refractivity contribution in [3.05, 3.63) is 69.8 Å². The minimum absolute atomic E-state index is 0.156.